The second-order valence-corrected chi connectivity index (χ2v) is 2.64. The number of hydrogen-bond donors (Lipinski definition) is 3. The van der Waals surface area contributed by atoms with E-state index in [-0.39, 0.29) is 17.6 Å². The maximum Gasteiger partial charge on any atom is 0.157 e. The molecule has 0 amide bonds. The highest BCUT2D eigenvalue weighted by Gasteiger charge is 2.09. The first-order chi connectivity index (χ1) is 7.16. The number of aliphatic hydroxyl groups is 2. The van der Waals surface area contributed by atoms with Crippen molar-refractivity contribution in [3.05, 3.63) is 35.4 Å². The molecule has 0 saturated carbocycles. The Morgan fingerprint density at radius 3 is 2.40 bits per heavy atom. The Bertz CT molecular complexity index is 316. The van der Waals surface area contributed by atoms with Crippen molar-refractivity contribution >= 4 is 5.84 Å². The van der Waals surface area contributed by atoms with Gasteiger partial charge in [0.1, 0.15) is 0 Å². The highest BCUT2D eigenvalue weighted by molar-refractivity contribution is 5.96. The Morgan fingerprint density at radius 1 is 1.40 bits per heavy atom. The lowest BCUT2D eigenvalue weighted by Crippen LogP contribution is -2.19. The van der Waals surface area contributed by atoms with E-state index in [4.69, 9.17) is 15.6 Å². The van der Waals surface area contributed by atoms with Crippen LogP contribution in [0.4, 0.5) is 4.48 Å². The normalized spacial score (nSPS) is 8.87. The molecule has 15 heavy (non-hydrogen) atoms. The second-order valence-electron chi connectivity index (χ2n) is 2.64. The van der Waals surface area contributed by atoms with Crippen LogP contribution in [0.1, 0.15) is 11.1 Å². The summed E-state index contributed by atoms with van der Waals surface area (Å²) in [4.78, 5) is 0. The van der Waals surface area contributed by atoms with E-state index in [1.54, 1.807) is 24.3 Å². The summed E-state index contributed by atoms with van der Waals surface area (Å²) in [6.45, 7) is -0.188. The van der Waals surface area contributed by atoms with Crippen molar-refractivity contribution in [1.82, 2.24) is 5.12 Å². The molecule has 0 bridgehead atoms. The van der Waals surface area contributed by atoms with Gasteiger partial charge in [0.25, 0.3) is 0 Å². The van der Waals surface area contributed by atoms with Crippen molar-refractivity contribution in [3.63, 3.8) is 0 Å². The van der Waals surface area contributed by atoms with Crippen molar-refractivity contribution < 1.29 is 14.7 Å². The predicted octanol–water partition coefficient (Wildman–Crippen LogP) is 0.929. The van der Waals surface area contributed by atoms with Gasteiger partial charge in [-0.3, -0.25) is 5.41 Å². The van der Waals surface area contributed by atoms with Crippen molar-refractivity contribution in [2.45, 2.75) is 6.61 Å². The minimum atomic E-state index is -0.246. The number of rotatable bonds is 2. The number of nitrogens with one attached hydrogen (secondary N) is 1. The van der Waals surface area contributed by atoms with Crippen LogP contribution in [0.25, 0.3) is 0 Å². The maximum absolute atomic E-state index is 12.6. The van der Waals surface area contributed by atoms with Gasteiger partial charge in [-0.25, -0.2) is 0 Å². The van der Waals surface area contributed by atoms with E-state index >= 15 is 0 Å². The second kappa shape index (κ2) is 6.92. The molecule has 0 unspecified atom stereocenters. The first kappa shape index (κ1) is 13.5. The number of amidine groups is 1. The van der Waals surface area contributed by atoms with Crippen LogP contribution in [0.5, 0.6) is 0 Å². The molecule has 1 rings (SSSR count). The molecule has 0 fully saturated rings. The van der Waals surface area contributed by atoms with Gasteiger partial charge in [0.2, 0.25) is 0 Å². The molecule has 0 atom stereocenters. The molecular formula is C10H15FN2O2. The third-order valence-electron chi connectivity index (χ3n) is 1.75. The molecule has 1 aromatic rings. The molecule has 4 nitrogen and oxygen atoms in total. The Balaban J connectivity index is 0.000000921. The summed E-state index contributed by atoms with van der Waals surface area (Å²) in [6, 6.07) is 6.70. The minimum Gasteiger partial charge on any atom is -0.400 e. The van der Waals surface area contributed by atoms with Gasteiger partial charge in [0.05, 0.1) is 6.61 Å². The lowest BCUT2D eigenvalue weighted by Gasteiger charge is -2.11. The van der Waals surface area contributed by atoms with Crippen LogP contribution in [0, 0.1) is 5.41 Å². The van der Waals surface area contributed by atoms with Crippen LogP contribution in [0.2, 0.25) is 0 Å². The number of nitrogens with zero attached hydrogens (tertiary/aromatic N) is 1. The fraction of sp³-hybridized carbons (Fsp3) is 0.300. The zero-order chi connectivity index (χ0) is 11.8. The van der Waals surface area contributed by atoms with Gasteiger partial charge in [-0.1, -0.05) is 28.7 Å². The molecule has 0 aliphatic heterocycles. The lowest BCUT2D eigenvalue weighted by molar-refractivity contribution is 0.160. The van der Waals surface area contributed by atoms with Crippen LogP contribution >= 0.6 is 0 Å². The highest BCUT2D eigenvalue weighted by Crippen LogP contribution is 2.10. The summed E-state index contributed by atoms with van der Waals surface area (Å²) in [5.41, 5.74) is 0.965. The molecule has 0 aromatic heterocycles. The zero-order valence-electron chi connectivity index (χ0n) is 8.74. The van der Waals surface area contributed by atoms with Gasteiger partial charge in [-0.2, -0.15) is 5.12 Å². The number of benzene rings is 1. The van der Waals surface area contributed by atoms with E-state index in [1.165, 1.54) is 0 Å². The highest BCUT2D eigenvalue weighted by atomic mass is 19.2. The largest absolute Gasteiger partial charge is 0.400 e. The molecule has 1 aromatic carbocycles. The van der Waals surface area contributed by atoms with Gasteiger partial charge in [0.15, 0.2) is 5.84 Å². The first-order valence-electron chi connectivity index (χ1n) is 4.28. The Kier molecular flexibility index (Phi) is 6.24. The maximum atomic E-state index is 12.6. The van der Waals surface area contributed by atoms with Crippen molar-refractivity contribution in [2.24, 2.45) is 0 Å². The summed E-state index contributed by atoms with van der Waals surface area (Å²) in [6.07, 6.45) is 0. The number of hydrogen-bond acceptors (Lipinski definition) is 3. The third-order valence-corrected chi connectivity index (χ3v) is 1.75. The van der Waals surface area contributed by atoms with E-state index in [0.717, 1.165) is 14.2 Å². The quantitative estimate of drug-likeness (QED) is 0.390. The molecule has 3 N–H and O–H groups in total. The predicted molar refractivity (Wildman–Crippen MR) is 56.2 cm³/mol. The van der Waals surface area contributed by atoms with E-state index in [0.29, 0.717) is 11.1 Å². The Morgan fingerprint density at radius 2 is 1.93 bits per heavy atom. The van der Waals surface area contributed by atoms with Crippen LogP contribution < -0.4 is 0 Å². The Labute approximate surface area is 88.0 Å². The topological polar surface area (TPSA) is 67.6 Å². The van der Waals surface area contributed by atoms with Crippen LogP contribution in [0.15, 0.2) is 24.3 Å². The molecular weight excluding hydrogens is 199 g/mol. The first-order valence-corrected chi connectivity index (χ1v) is 4.28. The van der Waals surface area contributed by atoms with Crippen LogP contribution in [0.3, 0.4) is 0 Å². The molecule has 0 aliphatic rings. The molecule has 0 radical (unpaired) electrons. The van der Waals surface area contributed by atoms with Gasteiger partial charge >= 0.3 is 0 Å². The summed E-state index contributed by atoms with van der Waals surface area (Å²) in [5, 5.41) is 23.5. The molecule has 0 heterocycles. The number of aliphatic hydroxyl groups excluding tert-OH is 2. The average molecular weight is 214 g/mol. The molecule has 84 valence electrons. The molecule has 0 saturated heterocycles. The van der Waals surface area contributed by atoms with Gasteiger partial charge in [0, 0.05) is 19.7 Å². The summed E-state index contributed by atoms with van der Waals surface area (Å²) >= 11 is 0. The fourth-order valence-electron chi connectivity index (χ4n) is 1.06. The average Bonchev–Trinajstić information content (AvgIpc) is 2.30. The van der Waals surface area contributed by atoms with Crippen LogP contribution in [-0.2, 0) is 6.61 Å². The molecule has 0 aliphatic carbocycles. The summed E-state index contributed by atoms with van der Waals surface area (Å²) in [5.74, 6) is -0.246. The van der Waals surface area contributed by atoms with E-state index in [1.807, 2.05) is 0 Å². The van der Waals surface area contributed by atoms with Crippen molar-refractivity contribution in [1.29, 1.82) is 5.41 Å². The Hall–Kier alpha value is -1.46. The number of halogens is 1. The van der Waals surface area contributed by atoms with Crippen molar-refractivity contribution in [2.75, 3.05) is 14.2 Å². The van der Waals surface area contributed by atoms with Gasteiger partial charge in [-0.05, 0) is 5.56 Å². The van der Waals surface area contributed by atoms with Crippen LogP contribution in [-0.4, -0.2) is 35.3 Å². The van der Waals surface area contributed by atoms with E-state index < -0.39 is 0 Å². The fourth-order valence-corrected chi connectivity index (χ4v) is 1.06. The summed E-state index contributed by atoms with van der Waals surface area (Å²) in [7, 11) is 2.15. The standard InChI is InChI=1S/C9H11FN2O.CH4O/c1-12(10)9(11)8-5-3-2-4-7(8)6-13;1-2/h2-5,11,13H,6H2,1H3;2H,1H3. The smallest absolute Gasteiger partial charge is 0.157 e. The van der Waals surface area contributed by atoms with E-state index in [2.05, 4.69) is 0 Å². The van der Waals surface area contributed by atoms with E-state index in [9.17, 15) is 4.48 Å². The lowest BCUT2D eigenvalue weighted by atomic mass is 10.1. The molecule has 5 heteroatoms. The van der Waals surface area contributed by atoms with Gasteiger partial charge < -0.3 is 10.2 Å². The summed E-state index contributed by atoms with van der Waals surface area (Å²) < 4.78 is 12.6. The third kappa shape index (κ3) is 3.65. The van der Waals surface area contributed by atoms with Crippen molar-refractivity contribution in [3.8, 4) is 0 Å². The monoisotopic (exact) mass is 214 g/mol. The SMILES string of the molecule is CN(F)C(=N)c1ccccc1CO.CO. The molecule has 0 spiro atoms. The van der Waals surface area contributed by atoms with Gasteiger partial charge in [-0.15, -0.1) is 0 Å². The minimum absolute atomic E-state index is 0.188. The zero-order valence-corrected chi connectivity index (χ0v) is 8.74.